The van der Waals surface area contributed by atoms with E-state index in [2.05, 4.69) is 27.8 Å². The highest BCUT2D eigenvalue weighted by Crippen LogP contribution is 2.29. The van der Waals surface area contributed by atoms with Gasteiger partial charge < -0.3 is 25.4 Å². The molecule has 0 saturated carbocycles. The number of likely N-dealkylation sites (tertiary alicyclic amines) is 2. The van der Waals surface area contributed by atoms with Gasteiger partial charge in [0.15, 0.2) is 0 Å². The van der Waals surface area contributed by atoms with Gasteiger partial charge in [-0.25, -0.2) is 4.79 Å². The van der Waals surface area contributed by atoms with Crippen LogP contribution >= 0.6 is 11.6 Å². The van der Waals surface area contributed by atoms with Gasteiger partial charge in [-0.3, -0.25) is 19.1 Å². The van der Waals surface area contributed by atoms with Gasteiger partial charge in [0.2, 0.25) is 11.8 Å². The third kappa shape index (κ3) is 6.82. The van der Waals surface area contributed by atoms with E-state index in [1.807, 2.05) is 38.6 Å². The third-order valence-electron chi connectivity index (χ3n) is 10.2. The number of benzene rings is 2. The highest BCUT2D eigenvalue weighted by atomic mass is 35.5. The molecule has 4 heterocycles. The van der Waals surface area contributed by atoms with Crippen molar-refractivity contribution in [2.75, 3.05) is 65.1 Å². The molecule has 2 amide bonds. The molecule has 3 aliphatic heterocycles. The number of imidazole rings is 1. The maximum atomic E-state index is 14.1. The number of piperazine rings is 1. The zero-order valence-corrected chi connectivity index (χ0v) is 27.3. The maximum absolute atomic E-state index is 14.1. The smallest absolute Gasteiger partial charge is 0.326 e. The Bertz CT molecular complexity index is 1670. The molecule has 0 bridgehead atoms. The Morgan fingerprint density at radius 3 is 2.35 bits per heavy atom. The first kappa shape index (κ1) is 32.2. The average molecular weight is 646 g/mol. The Balaban J connectivity index is 1.14. The molecule has 3 fully saturated rings. The number of para-hydroxylation sites is 2. The number of nitrogens with zero attached hydrogens (tertiary/aromatic N) is 5. The summed E-state index contributed by atoms with van der Waals surface area (Å²) >= 11 is 6.41. The van der Waals surface area contributed by atoms with E-state index in [1.54, 1.807) is 12.1 Å². The SMILES string of the molecule is C#Cc1cc(C[C@@H](CC(=O)N2CCC(n3c(=O)[nH]c4ccccc43)CC2)C(=O)N2CCN(C3CCN(C)CC3)CC2)cc(Cl)c1N. The van der Waals surface area contributed by atoms with Crippen molar-refractivity contribution in [3.63, 3.8) is 0 Å². The lowest BCUT2D eigenvalue weighted by Gasteiger charge is -2.43. The van der Waals surface area contributed by atoms with E-state index < -0.39 is 5.92 Å². The number of amides is 2. The molecular formula is C35H44ClN7O3. The van der Waals surface area contributed by atoms with E-state index in [4.69, 9.17) is 23.8 Å². The lowest BCUT2D eigenvalue weighted by atomic mass is 9.92. The number of H-pyrrole nitrogens is 1. The number of carbonyl (C=O) groups is 2. The van der Waals surface area contributed by atoms with Gasteiger partial charge in [-0.1, -0.05) is 29.7 Å². The molecule has 2 aromatic carbocycles. The van der Waals surface area contributed by atoms with E-state index in [1.165, 1.54) is 0 Å². The van der Waals surface area contributed by atoms with Gasteiger partial charge in [-0.05, 0) is 82.1 Å². The molecule has 46 heavy (non-hydrogen) atoms. The summed E-state index contributed by atoms with van der Waals surface area (Å²) in [5.74, 6) is 1.98. The molecule has 3 aromatic rings. The number of nitrogens with one attached hydrogen (secondary N) is 1. The normalized spacial score (nSPS) is 19.8. The number of carbonyl (C=O) groups excluding carboxylic acids is 2. The van der Waals surface area contributed by atoms with E-state index in [0.29, 0.717) is 67.8 Å². The Kier molecular flexibility index (Phi) is 9.73. The number of halogens is 1. The predicted octanol–water partition coefficient (Wildman–Crippen LogP) is 3.20. The summed E-state index contributed by atoms with van der Waals surface area (Å²) in [6, 6.07) is 11.8. The molecule has 0 unspecified atom stereocenters. The van der Waals surface area contributed by atoms with Crippen molar-refractivity contribution in [3.8, 4) is 12.3 Å². The molecule has 3 saturated heterocycles. The van der Waals surface area contributed by atoms with Gasteiger partial charge in [0.1, 0.15) is 0 Å². The van der Waals surface area contributed by atoms with Crippen LogP contribution in [0.4, 0.5) is 5.69 Å². The van der Waals surface area contributed by atoms with E-state index in [0.717, 1.165) is 55.6 Å². The van der Waals surface area contributed by atoms with Crippen LogP contribution in [0.3, 0.4) is 0 Å². The quantitative estimate of drug-likeness (QED) is 0.302. The minimum Gasteiger partial charge on any atom is -0.397 e. The van der Waals surface area contributed by atoms with Crippen molar-refractivity contribution in [2.45, 2.75) is 50.6 Å². The fourth-order valence-electron chi connectivity index (χ4n) is 7.52. The van der Waals surface area contributed by atoms with Crippen LogP contribution in [-0.4, -0.2) is 106 Å². The van der Waals surface area contributed by atoms with E-state index >= 15 is 0 Å². The largest absolute Gasteiger partial charge is 0.397 e. The van der Waals surface area contributed by atoms with Crippen LogP contribution in [0.5, 0.6) is 0 Å². The summed E-state index contributed by atoms with van der Waals surface area (Å²) < 4.78 is 1.82. The van der Waals surface area contributed by atoms with Gasteiger partial charge in [0, 0.05) is 63.3 Å². The van der Waals surface area contributed by atoms with Crippen LogP contribution in [0, 0.1) is 18.3 Å². The second kappa shape index (κ2) is 13.9. The second-order valence-corrected chi connectivity index (χ2v) is 13.5. The summed E-state index contributed by atoms with van der Waals surface area (Å²) in [5.41, 5.74) is 9.27. The van der Waals surface area contributed by atoms with E-state index in [-0.39, 0.29) is 30.0 Å². The van der Waals surface area contributed by atoms with E-state index in [9.17, 15) is 14.4 Å². The predicted molar refractivity (Wildman–Crippen MR) is 182 cm³/mol. The average Bonchev–Trinajstić information content (AvgIpc) is 3.41. The van der Waals surface area contributed by atoms with Crippen LogP contribution in [0.2, 0.25) is 5.02 Å². The zero-order chi connectivity index (χ0) is 32.4. The molecule has 0 radical (unpaired) electrons. The molecule has 11 heteroatoms. The fraction of sp³-hybridized carbons (Fsp3) is 0.514. The number of aromatic amines is 1. The lowest BCUT2D eigenvalue weighted by molar-refractivity contribution is -0.143. The Hall–Kier alpha value is -3.78. The van der Waals surface area contributed by atoms with Crippen LogP contribution in [0.25, 0.3) is 11.0 Å². The Labute approximate surface area is 275 Å². The molecule has 3 aliphatic rings. The van der Waals surface area contributed by atoms with Crippen molar-refractivity contribution >= 4 is 40.1 Å². The topological polar surface area (TPSA) is 111 Å². The Morgan fingerprint density at radius 1 is 0.978 bits per heavy atom. The molecule has 1 aromatic heterocycles. The van der Waals surface area contributed by atoms with Gasteiger partial charge in [-0.2, -0.15) is 0 Å². The lowest BCUT2D eigenvalue weighted by Crippen LogP contribution is -2.55. The van der Waals surface area contributed by atoms with Crippen LogP contribution in [0.1, 0.15) is 49.3 Å². The van der Waals surface area contributed by atoms with Crippen molar-refractivity contribution in [3.05, 3.63) is 63.0 Å². The number of piperidine rings is 2. The van der Waals surface area contributed by atoms with Gasteiger partial charge in [0.25, 0.3) is 0 Å². The summed E-state index contributed by atoms with van der Waals surface area (Å²) in [6.07, 6.45) is 9.78. The van der Waals surface area contributed by atoms with Gasteiger partial charge in [-0.15, -0.1) is 6.42 Å². The second-order valence-electron chi connectivity index (χ2n) is 13.1. The molecule has 0 aliphatic carbocycles. The number of terminal acetylenes is 1. The highest BCUT2D eigenvalue weighted by Gasteiger charge is 2.34. The van der Waals surface area contributed by atoms with Crippen LogP contribution < -0.4 is 11.4 Å². The van der Waals surface area contributed by atoms with Crippen molar-refractivity contribution < 1.29 is 9.59 Å². The van der Waals surface area contributed by atoms with Crippen LogP contribution in [-0.2, 0) is 16.0 Å². The standard InChI is InChI=1S/C35H44ClN7O3/c1-3-25-20-24(22-29(36)33(25)37)21-26(34(45)42-18-16-40(17-19-42)27-8-12-39(2)13-9-27)23-32(44)41-14-10-28(11-15-41)43-31-7-5-4-6-30(31)38-35(43)46/h1,4-7,20,22,26-28H,8-19,21,23,37H2,2H3,(H,38,46)/t26-/m0/s1. The fourth-order valence-corrected chi connectivity index (χ4v) is 7.76. The Morgan fingerprint density at radius 2 is 1.65 bits per heavy atom. The monoisotopic (exact) mass is 645 g/mol. The minimum absolute atomic E-state index is 0.00471. The van der Waals surface area contributed by atoms with Crippen molar-refractivity contribution in [1.29, 1.82) is 0 Å². The zero-order valence-electron chi connectivity index (χ0n) is 26.6. The number of nitrogens with two attached hydrogens (primary N) is 1. The van der Waals surface area contributed by atoms with Gasteiger partial charge >= 0.3 is 5.69 Å². The summed E-state index contributed by atoms with van der Waals surface area (Å²) in [6.45, 7) is 6.26. The third-order valence-corrected chi connectivity index (χ3v) is 10.5. The number of aromatic nitrogens is 2. The first-order valence-electron chi connectivity index (χ1n) is 16.4. The molecule has 6 rings (SSSR count). The summed E-state index contributed by atoms with van der Waals surface area (Å²) in [4.78, 5) is 52.3. The van der Waals surface area contributed by atoms with Crippen molar-refractivity contribution in [1.82, 2.24) is 29.2 Å². The molecule has 0 spiro atoms. The summed E-state index contributed by atoms with van der Waals surface area (Å²) in [5, 5.41) is 0.351. The number of nitrogen functional groups attached to an aromatic ring is 1. The molecule has 3 N–H and O–H groups in total. The number of rotatable bonds is 7. The van der Waals surface area contributed by atoms with Crippen LogP contribution in [0.15, 0.2) is 41.2 Å². The maximum Gasteiger partial charge on any atom is 0.326 e. The first-order chi connectivity index (χ1) is 22.2. The molecular weight excluding hydrogens is 602 g/mol. The molecule has 10 nitrogen and oxygen atoms in total. The highest BCUT2D eigenvalue weighted by molar-refractivity contribution is 6.33. The number of fused-ring (bicyclic) bond motifs is 1. The molecule has 1 atom stereocenters. The first-order valence-corrected chi connectivity index (χ1v) is 16.8. The number of hydrogen-bond acceptors (Lipinski definition) is 6. The minimum atomic E-state index is -0.554. The number of hydrogen-bond donors (Lipinski definition) is 2. The molecule has 244 valence electrons. The summed E-state index contributed by atoms with van der Waals surface area (Å²) in [7, 11) is 2.17. The van der Waals surface area contributed by atoms with Crippen molar-refractivity contribution in [2.24, 2.45) is 5.92 Å². The number of anilines is 1. The van der Waals surface area contributed by atoms with Gasteiger partial charge in [0.05, 0.1) is 27.7 Å².